The van der Waals surface area contributed by atoms with Gasteiger partial charge in [0.2, 0.25) is 17.7 Å². The topological polar surface area (TPSA) is 113 Å². The van der Waals surface area contributed by atoms with Crippen molar-refractivity contribution in [2.45, 2.75) is 18.9 Å². The van der Waals surface area contributed by atoms with Crippen LogP contribution in [0.2, 0.25) is 0 Å². The van der Waals surface area contributed by atoms with Gasteiger partial charge in [-0.1, -0.05) is 0 Å². The summed E-state index contributed by atoms with van der Waals surface area (Å²) in [6.45, 7) is 0.339. The van der Waals surface area contributed by atoms with Crippen LogP contribution in [-0.4, -0.2) is 43.4 Å². The van der Waals surface area contributed by atoms with Crippen LogP contribution in [0.5, 0.6) is 0 Å². The zero-order valence-corrected chi connectivity index (χ0v) is 8.91. The van der Waals surface area contributed by atoms with Gasteiger partial charge in [-0.15, -0.1) is 0 Å². The molecule has 1 heterocycles. The predicted octanol–water partition coefficient (Wildman–Crippen LogP) is -2.54. The van der Waals surface area contributed by atoms with Gasteiger partial charge in [-0.3, -0.25) is 14.4 Å². The average Bonchev–Trinajstić information content (AvgIpc) is 2.29. The van der Waals surface area contributed by atoms with Gasteiger partial charge in [-0.25, -0.2) is 0 Å². The Morgan fingerprint density at radius 2 is 2.19 bits per heavy atom. The molecule has 0 spiro atoms. The molecule has 1 saturated heterocycles. The Balaban J connectivity index is 2.27. The van der Waals surface area contributed by atoms with E-state index in [2.05, 4.69) is 16.0 Å². The fraction of sp³-hybridized carbons (Fsp3) is 0.667. The molecule has 1 unspecified atom stereocenters. The highest BCUT2D eigenvalue weighted by Gasteiger charge is 2.23. The predicted molar refractivity (Wildman–Crippen MR) is 56.2 cm³/mol. The monoisotopic (exact) mass is 228 g/mol. The van der Waals surface area contributed by atoms with Crippen LogP contribution in [0.4, 0.5) is 0 Å². The van der Waals surface area contributed by atoms with Crippen LogP contribution in [-0.2, 0) is 14.4 Å². The highest BCUT2D eigenvalue weighted by molar-refractivity contribution is 5.90. The van der Waals surface area contributed by atoms with Crippen molar-refractivity contribution in [3.63, 3.8) is 0 Å². The lowest BCUT2D eigenvalue weighted by Gasteiger charge is -2.22. The van der Waals surface area contributed by atoms with Crippen LogP contribution in [0, 0.1) is 0 Å². The number of nitrogens with one attached hydrogen (secondary N) is 3. The van der Waals surface area contributed by atoms with Crippen LogP contribution in [0.3, 0.4) is 0 Å². The van der Waals surface area contributed by atoms with Crippen molar-refractivity contribution in [1.29, 1.82) is 0 Å². The lowest BCUT2D eigenvalue weighted by Crippen LogP contribution is -2.52. The van der Waals surface area contributed by atoms with Gasteiger partial charge in [-0.05, 0) is 12.8 Å². The Morgan fingerprint density at radius 1 is 1.44 bits per heavy atom. The molecule has 1 atom stereocenters. The summed E-state index contributed by atoms with van der Waals surface area (Å²) < 4.78 is 0. The number of hydrogen-bond donors (Lipinski definition) is 4. The average molecular weight is 228 g/mol. The lowest BCUT2D eigenvalue weighted by molar-refractivity contribution is -0.130. The largest absolute Gasteiger partial charge is 0.354 e. The molecule has 90 valence electrons. The third-order valence-corrected chi connectivity index (χ3v) is 2.25. The number of amides is 3. The number of carbonyl (C=O) groups excluding carboxylic acids is 3. The number of rotatable bonds is 4. The standard InChI is InChI=1S/C9H16N4O3/c10-4-7(14)12-5-8(15)13-6-2-1-3-11-9(6)16/h6H,1-5,10H2,(H,11,16)(H,12,14)(H,13,15). The number of hydrogen-bond acceptors (Lipinski definition) is 4. The fourth-order valence-corrected chi connectivity index (χ4v) is 1.41. The Morgan fingerprint density at radius 3 is 2.81 bits per heavy atom. The van der Waals surface area contributed by atoms with Gasteiger partial charge in [0.05, 0.1) is 13.1 Å². The van der Waals surface area contributed by atoms with Crippen molar-refractivity contribution in [3.8, 4) is 0 Å². The molecule has 0 aliphatic carbocycles. The van der Waals surface area contributed by atoms with E-state index in [1.165, 1.54) is 0 Å². The zero-order chi connectivity index (χ0) is 12.0. The summed E-state index contributed by atoms with van der Waals surface area (Å²) in [7, 11) is 0. The Labute approximate surface area is 93.1 Å². The summed E-state index contributed by atoms with van der Waals surface area (Å²) in [6.07, 6.45) is 1.47. The van der Waals surface area contributed by atoms with Crippen molar-refractivity contribution in [3.05, 3.63) is 0 Å². The van der Waals surface area contributed by atoms with E-state index < -0.39 is 11.9 Å². The van der Waals surface area contributed by atoms with Gasteiger partial charge in [0.15, 0.2) is 0 Å². The molecule has 0 radical (unpaired) electrons. The quantitative estimate of drug-likeness (QED) is 0.424. The van der Waals surface area contributed by atoms with E-state index in [1.54, 1.807) is 0 Å². The van der Waals surface area contributed by atoms with Crippen molar-refractivity contribution in [2.24, 2.45) is 5.73 Å². The molecule has 0 aromatic rings. The molecular formula is C9H16N4O3. The van der Waals surface area contributed by atoms with E-state index in [0.717, 1.165) is 6.42 Å². The first kappa shape index (κ1) is 12.4. The van der Waals surface area contributed by atoms with Crippen LogP contribution in [0.15, 0.2) is 0 Å². The molecule has 1 rings (SSSR count). The maximum Gasteiger partial charge on any atom is 0.242 e. The smallest absolute Gasteiger partial charge is 0.242 e. The van der Waals surface area contributed by atoms with Gasteiger partial charge in [-0.2, -0.15) is 0 Å². The maximum absolute atomic E-state index is 11.3. The summed E-state index contributed by atoms with van der Waals surface area (Å²) in [5.41, 5.74) is 5.06. The van der Waals surface area contributed by atoms with Crippen molar-refractivity contribution < 1.29 is 14.4 Å². The molecule has 16 heavy (non-hydrogen) atoms. The fourth-order valence-electron chi connectivity index (χ4n) is 1.41. The molecule has 3 amide bonds. The first-order chi connectivity index (χ1) is 7.63. The molecule has 1 aliphatic rings. The second-order valence-electron chi connectivity index (χ2n) is 3.53. The van der Waals surface area contributed by atoms with Gasteiger partial charge in [0.1, 0.15) is 6.04 Å². The van der Waals surface area contributed by atoms with Gasteiger partial charge in [0.25, 0.3) is 0 Å². The first-order valence-electron chi connectivity index (χ1n) is 5.17. The molecule has 1 fully saturated rings. The normalized spacial score (nSPS) is 19.8. The number of nitrogens with two attached hydrogens (primary N) is 1. The van der Waals surface area contributed by atoms with Crippen molar-refractivity contribution >= 4 is 17.7 Å². The maximum atomic E-state index is 11.3. The third-order valence-electron chi connectivity index (χ3n) is 2.25. The minimum absolute atomic E-state index is 0.153. The summed E-state index contributed by atoms with van der Waals surface area (Å²) >= 11 is 0. The van der Waals surface area contributed by atoms with Crippen LogP contribution < -0.4 is 21.7 Å². The molecule has 0 aromatic carbocycles. The number of carbonyl (C=O) groups is 3. The Bertz CT molecular complexity index is 292. The summed E-state index contributed by atoms with van der Waals surface area (Å²) in [4.78, 5) is 33.4. The minimum Gasteiger partial charge on any atom is -0.354 e. The minimum atomic E-state index is -0.490. The van der Waals surface area contributed by atoms with Crippen molar-refractivity contribution in [1.82, 2.24) is 16.0 Å². The van der Waals surface area contributed by atoms with Crippen LogP contribution >= 0.6 is 0 Å². The van der Waals surface area contributed by atoms with Gasteiger partial charge in [0, 0.05) is 6.54 Å². The molecule has 7 nitrogen and oxygen atoms in total. The van der Waals surface area contributed by atoms with E-state index in [4.69, 9.17) is 5.73 Å². The molecule has 0 aromatic heterocycles. The Kier molecular flexibility index (Phi) is 4.71. The molecule has 5 N–H and O–H groups in total. The highest BCUT2D eigenvalue weighted by atomic mass is 16.2. The SMILES string of the molecule is NCC(=O)NCC(=O)NC1CCCNC1=O. The van der Waals surface area contributed by atoms with Gasteiger partial charge >= 0.3 is 0 Å². The van der Waals surface area contributed by atoms with Crippen LogP contribution in [0.1, 0.15) is 12.8 Å². The Hall–Kier alpha value is -1.63. The molecule has 7 heteroatoms. The van der Waals surface area contributed by atoms with E-state index >= 15 is 0 Å². The second kappa shape index (κ2) is 6.06. The molecule has 0 saturated carbocycles. The van der Waals surface area contributed by atoms with E-state index in [0.29, 0.717) is 13.0 Å². The molecule has 0 bridgehead atoms. The van der Waals surface area contributed by atoms with E-state index in [1.807, 2.05) is 0 Å². The highest BCUT2D eigenvalue weighted by Crippen LogP contribution is 2.02. The van der Waals surface area contributed by atoms with Gasteiger partial charge < -0.3 is 21.7 Å². The number of piperidine rings is 1. The van der Waals surface area contributed by atoms with E-state index in [9.17, 15) is 14.4 Å². The van der Waals surface area contributed by atoms with E-state index in [-0.39, 0.29) is 24.9 Å². The summed E-state index contributed by atoms with van der Waals surface area (Å²) in [5.74, 6) is -0.961. The van der Waals surface area contributed by atoms with Crippen LogP contribution in [0.25, 0.3) is 0 Å². The molecule has 1 aliphatic heterocycles. The summed E-state index contributed by atoms with van der Waals surface area (Å²) in [6, 6.07) is -0.490. The van der Waals surface area contributed by atoms with Crippen molar-refractivity contribution in [2.75, 3.05) is 19.6 Å². The second-order valence-corrected chi connectivity index (χ2v) is 3.53. The zero-order valence-electron chi connectivity index (χ0n) is 8.91. The third kappa shape index (κ3) is 3.85. The lowest BCUT2D eigenvalue weighted by atomic mass is 10.1. The molecular weight excluding hydrogens is 212 g/mol. The first-order valence-corrected chi connectivity index (χ1v) is 5.17. The summed E-state index contributed by atoms with van der Waals surface area (Å²) in [5, 5.41) is 7.52.